The van der Waals surface area contributed by atoms with Gasteiger partial charge in [0, 0.05) is 11.7 Å². The largest absolute Gasteiger partial charge is 0.316 e. The summed E-state index contributed by atoms with van der Waals surface area (Å²) in [6.07, 6.45) is 2.12. The summed E-state index contributed by atoms with van der Waals surface area (Å²) in [7, 11) is -7.02. The van der Waals surface area contributed by atoms with Crippen molar-refractivity contribution in [3.8, 4) is 0 Å². The van der Waals surface area contributed by atoms with Crippen molar-refractivity contribution >= 4 is 25.7 Å². The van der Waals surface area contributed by atoms with Crippen LogP contribution in [0.1, 0.15) is 33.1 Å². The molecule has 142 valence electrons. The second-order valence-electron chi connectivity index (χ2n) is 6.50. The zero-order chi connectivity index (χ0) is 18.5. The summed E-state index contributed by atoms with van der Waals surface area (Å²) >= 11 is 0. The zero-order valence-corrected chi connectivity index (χ0v) is 16.3. The Kier molecular flexibility index (Phi) is 6.84. The highest BCUT2D eigenvalue weighted by Gasteiger charge is 2.26. The molecule has 0 aromatic heterocycles. The molecule has 2 atom stereocenters. The lowest BCUT2D eigenvalue weighted by atomic mass is 9.97. The molecule has 1 aromatic carbocycles. The summed E-state index contributed by atoms with van der Waals surface area (Å²) in [5.41, 5.74) is 0.366. The standard InChI is InChI=1S/C16H27N3O4S2/c1-3-4-11-24(20,21)18-14-5-7-15(8-6-14)25(22,23)19-16-9-10-17-12-13(16)2/h5-8,13,16-19H,3-4,9-12H2,1-2H3. The van der Waals surface area contributed by atoms with Crippen molar-refractivity contribution in [1.82, 2.24) is 10.0 Å². The smallest absolute Gasteiger partial charge is 0.240 e. The molecule has 1 aliphatic heterocycles. The molecule has 0 amide bonds. The van der Waals surface area contributed by atoms with Crippen LogP contribution in [0.4, 0.5) is 5.69 Å². The summed E-state index contributed by atoms with van der Waals surface area (Å²) in [4.78, 5) is 0.134. The van der Waals surface area contributed by atoms with Crippen LogP contribution in [0.25, 0.3) is 0 Å². The number of piperidine rings is 1. The van der Waals surface area contributed by atoms with Crippen LogP contribution >= 0.6 is 0 Å². The monoisotopic (exact) mass is 389 g/mol. The second kappa shape index (κ2) is 8.48. The van der Waals surface area contributed by atoms with E-state index in [0.717, 1.165) is 25.9 Å². The number of rotatable bonds is 8. The molecule has 3 N–H and O–H groups in total. The van der Waals surface area contributed by atoms with E-state index in [1.807, 2.05) is 13.8 Å². The fourth-order valence-electron chi connectivity index (χ4n) is 2.72. The van der Waals surface area contributed by atoms with Crippen LogP contribution < -0.4 is 14.8 Å². The van der Waals surface area contributed by atoms with Crippen molar-refractivity contribution in [1.29, 1.82) is 0 Å². The summed E-state index contributed by atoms with van der Waals surface area (Å²) in [5.74, 6) is 0.270. The lowest BCUT2D eigenvalue weighted by Crippen LogP contribution is -2.48. The molecule has 25 heavy (non-hydrogen) atoms. The van der Waals surface area contributed by atoms with Gasteiger partial charge in [-0.15, -0.1) is 0 Å². The number of sulfonamides is 2. The predicted molar refractivity (Wildman–Crippen MR) is 99.5 cm³/mol. The second-order valence-corrected chi connectivity index (χ2v) is 10.1. The topological polar surface area (TPSA) is 104 Å². The Balaban J connectivity index is 2.05. The number of hydrogen-bond donors (Lipinski definition) is 3. The van der Waals surface area contributed by atoms with Crippen LogP contribution in [-0.2, 0) is 20.0 Å². The van der Waals surface area contributed by atoms with Crippen molar-refractivity contribution in [3.05, 3.63) is 24.3 Å². The predicted octanol–water partition coefficient (Wildman–Crippen LogP) is 1.50. The third-order valence-electron chi connectivity index (χ3n) is 4.30. The summed E-state index contributed by atoms with van der Waals surface area (Å²) in [6.45, 7) is 5.50. The molecule has 0 aliphatic carbocycles. The average molecular weight is 390 g/mol. The maximum absolute atomic E-state index is 12.5. The quantitative estimate of drug-likeness (QED) is 0.625. The summed E-state index contributed by atoms with van der Waals surface area (Å²) in [6, 6.07) is 5.70. The van der Waals surface area contributed by atoms with Gasteiger partial charge in [-0.2, -0.15) is 0 Å². The fourth-order valence-corrected chi connectivity index (χ4v) is 5.37. The van der Waals surface area contributed by atoms with Crippen LogP contribution in [0.15, 0.2) is 29.2 Å². The van der Waals surface area contributed by atoms with Gasteiger partial charge >= 0.3 is 0 Å². The summed E-state index contributed by atoms with van der Waals surface area (Å²) in [5, 5.41) is 3.23. The summed E-state index contributed by atoms with van der Waals surface area (Å²) < 4.78 is 54.0. The Bertz CT molecular complexity index is 761. The van der Waals surface area contributed by atoms with Gasteiger partial charge in [-0.1, -0.05) is 20.3 Å². The molecule has 2 rings (SSSR count). The van der Waals surface area contributed by atoms with Crippen LogP contribution in [0.5, 0.6) is 0 Å². The number of unbranched alkanes of at least 4 members (excludes halogenated alkanes) is 1. The van der Waals surface area contributed by atoms with Gasteiger partial charge in [0.1, 0.15) is 0 Å². The number of benzene rings is 1. The van der Waals surface area contributed by atoms with Crippen LogP contribution in [0.2, 0.25) is 0 Å². The van der Waals surface area contributed by atoms with E-state index >= 15 is 0 Å². The van der Waals surface area contributed by atoms with E-state index in [1.165, 1.54) is 24.3 Å². The molecule has 1 aliphatic rings. The van der Waals surface area contributed by atoms with Crippen molar-refractivity contribution < 1.29 is 16.8 Å². The molecule has 2 unspecified atom stereocenters. The van der Waals surface area contributed by atoms with Crippen molar-refractivity contribution in [2.24, 2.45) is 5.92 Å². The minimum Gasteiger partial charge on any atom is -0.316 e. The highest BCUT2D eigenvalue weighted by molar-refractivity contribution is 7.92. The molecular weight excluding hydrogens is 362 g/mol. The normalized spacial score (nSPS) is 21.8. The Labute approximate surface area is 150 Å². The Morgan fingerprint density at radius 2 is 1.84 bits per heavy atom. The van der Waals surface area contributed by atoms with E-state index in [4.69, 9.17) is 0 Å². The molecule has 9 heteroatoms. The van der Waals surface area contributed by atoms with Crippen molar-refractivity contribution in [2.45, 2.75) is 44.0 Å². The van der Waals surface area contributed by atoms with Gasteiger partial charge in [0.25, 0.3) is 0 Å². The highest BCUT2D eigenvalue weighted by Crippen LogP contribution is 2.18. The minimum absolute atomic E-state index is 0.0543. The Morgan fingerprint density at radius 3 is 2.44 bits per heavy atom. The van der Waals surface area contributed by atoms with Gasteiger partial charge < -0.3 is 5.32 Å². The molecule has 1 heterocycles. The van der Waals surface area contributed by atoms with E-state index in [0.29, 0.717) is 12.1 Å². The number of nitrogens with one attached hydrogen (secondary N) is 3. The molecule has 0 spiro atoms. The molecule has 7 nitrogen and oxygen atoms in total. The minimum atomic E-state index is -3.62. The molecule has 1 saturated heterocycles. The first kappa shape index (κ1) is 20.2. The first-order valence-corrected chi connectivity index (χ1v) is 11.7. The van der Waals surface area contributed by atoms with Crippen LogP contribution in [0.3, 0.4) is 0 Å². The average Bonchev–Trinajstić information content (AvgIpc) is 2.55. The van der Waals surface area contributed by atoms with E-state index < -0.39 is 20.0 Å². The number of anilines is 1. The van der Waals surface area contributed by atoms with E-state index in [1.54, 1.807) is 0 Å². The van der Waals surface area contributed by atoms with Crippen molar-refractivity contribution in [2.75, 3.05) is 23.6 Å². The van der Waals surface area contributed by atoms with E-state index in [9.17, 15) is 16.8 Å². The zero-order valence-electron chi connectivity index (χ0n) is 14.7. The van der Waals surface area contributed by atoms with Gasteiger partial charge in [0.15, 0.2) is 0 Å². The number of hydrogen-bond acceptors (Lipinski definition) is 5. The van der Waals surface area contributed by atoms with Gasteiger partial charge in [0.2, 0.25) is 20.0 Å². The third kappa shape index (κ3) is 5.95. The Morgan fingerprint density at radius 1 is 1.16 bits per heavy atom. The van der Waals surface area contributed by atoms with Gasteiger partial charge in [-0.25, -0.2) is 21.6 Å². The Hall–Kier alpha value is -1.16. The van der Waals surface area contributed by atoms with Gasteiger partial charge in [0.05, 0.1) is 10.6 Å². The SMILES string of the molecule is CCCCS(=O)(=O)Nc1ccc(S(=O)(=O)NC2CCNCC2C)cc1. The molecule has 1 aromatic rings. The maximum atomic E-state index is 12.5. The third-order valence-corrected chi connectivity index (χ3v) is 7.18. The van der Waals surface area contributed by atoms with Crippen molar-refractivity contribution in [3.63, 3.8) is 0 Å². The first-order valence-electron chi connectivity index (χ1n) is 8.57. The maximum Gasteiger partial charge on any atom is 0.240 e. The lowest BCUT2D eigenvalue weighted by Gasteiger charge is -2.29. The highest BCUT2D eigenvalue weighted by atomic mass is 32.2. The molecular formula is C16H27N3O4S2. The van der Waals surface area contributed by atoms with E-state index in [-0.39, 0.29) is 22.6 Å². The van der Waals surface area contributed by atoms with Crippen LogP contribution in [-0.4, -0.2) is 41.7 Å². The van der Waals surface area contributed by atoms with E-state index in [2.05, 4.69) is 14.8 Å². The fraction of sp³-hybridized carbons (Fsp3) is 0.625. The molecule has 0 bridgehead atoms. The van der Waals surface area contributed by atoms with Gasteiger partial charge in [-0.3, -0.25) is 4.72 Å². The molecule has 0 radical (unpaired) electrons. The molecule has 1 fully saturated rings. The lowest BCUT2D eigenvalue weighted by molar-refractivity contribution is 0.328. The van der Waals surface area contributed by atoms with Gasteiger partial charge in [-0.05, 0) is 56.1 Å². The van der Waals surface area contributed by atoms with Crippen LogP contribution in [0, 0.1) is 5.92 Å². The molecule has 0 saturated carbocycles. The first-order chi connectivity index (χ1) is 11.7.